The van der Waals surface area contributed by atoms with Crippen molar-refractivity contribution in [2.24, 2.45) is 0 Å². The minimum Gasteiger partial charge on any atom is -0.497 e. The van der Waals surface area contributed by atoms with Crippen LogP contribution < -0.4 is 10.1 Å². The van der Waals surface area contributed by atoms with Crippen LogP contribution in [-0.2, 0) is 20.8 Å². The first kappa shape index (κ1) is 20.7. The summed E-state index contributed by atoms with van der Waals surface area (Å²) < 4.78 is 68.1. The number of halogens is 3. The van der Waals surface area contributed by atoms with Crippen LogP contribution in [-0.4, -0.2) is 49.7 Å². The number of carbonyl (C=O) groups excluding carboxylic acids is 1. The molecule has 0 unspecified atom stereocenters. The normalized spacial score (nSPS) is 18.9. The molecule has 2 heterocycles. The molecule has 1 atom stereocenters. The van der Waals surface area contributed by atoms with E-state index in [1.165, 1.54) is 25.3 Å². The summed E-state index contributed by atoms with van der Waals surface area (Å²) in [6, 6.07) is 4.57. The van der Waals surface area contributed by atoms with Crippen LogP contribution in [0.15, 0.2) is 29.3 Å². The van der Waals surface area contributed by atoms with E-state index in [-0.39, 0.29) is 33.2 Å². The van der Waals surface area contributed by atoms with Crippen molar-refractivity contribution in [3.8, 4) is 5.75 Å². The predicted octanol–water partition coefficient (Wildman–Crippen LogP) is 2.66. The number of carbonyl (C=O) groups is 1. The Morgan fingerprint density at radius 1 is 1.36 bits per heavy atom. The lowest BCUT2D eigenvalue weighted by Gasteiger charge is -2.14. The van der Waals surface area contributed by atoms with Gasteiger partial charge in [-0.3, -0.25) is 4.79 Å². The highest BCUT2D eigenvalue weighted by Gasteiger charge is 2.34. The Bertz CT molecular complexity index is 1010. The average Bonchev–Trinajstić information content (AvgIpc) is 2.96. The number of ether oxygens (including phenoxy) is 1. The highest BCUT2D eigenvalue weighted by Crippen LogP contribution is 2.37. The summed E-state index contributed by atoms with van der Waals surface area (Å²) in [5, 5.41) is 2.58. The number of rotatable bonds is 5. The number of alkyl halides is 3. The lowest BCUT2D eigenvalue weighted by Crippen LogP contribution is -2.36. The van der Waals surface area contributed by atoms with Gasteiger partial charge in [-0.05, 0) is 24.6 Å². The Morgan fingerprint density at radius 2 is 2.11 bits per heavy atom. The summed E-state index contributed by atoms with van der Waals surface area (Å²) in [6.07, 6.45) is -4.24. The summed E-state index contributed by atoms with van der Waals surface area (Å²) in [4.78, 5) is 16.2. The van der Waals surface area contributed by atoms with E-state index in [0.717, 1.165) is 17.8 Å². The van der Waals surface area contributed by atoms with Crippen LogP contribution in [0.2, 0.25) is 0 Å². The summed E-state index contributed by atoms with van der Waals surface area (Å²) in [5.74, 6) is -0.344. The molecule has 1 aliphatic rings. The first-order chi connectivity index (χ1) is 13.1. The van der Waals surface area contributed by atoms with Gasteiger partial charge in [0.15, 0.2) is 9.84 Å². The number of nitrogens with zero attached hydrogens (tertiary/aromatic N) is 1. The van der Waals surface area contributed by atoms with Crippen molar-refractivity contribution in [1.82, 2.24) is 10.3 Å². The number of thioether (sulfide) groups is 1. The van der Waals surface area contributed by atoms with Crippen LogP contribution in [0.5, 0.6) is 5.75 Å². The highest BCUT2D eigenvalue weighted by atomic mass is 32.2. The maximum Gasteiger partial charge on any atom is 0.417 e. The Labute approximate surface area is 163 Å². The Morgan fingerprint density at radius 3 is 2.71 bits per heavy atom. The van der Waals surface area contributed by atoms with Crippen molar-refractivity contribution >= 4 is 38.4 Å². The highest BCUT2D eigenvalue weighted by molar-refractivity contribution is 7.99. The van der Waals surface area contributed by atoms with E-state index in [0.29, 0.717) is 12.2 Å². The van der Waals surface area contributed by atoms with Crippen molar-refractivity contribution in [3.63, 3.8) is 0 Å². The molecule has 0 bridgehead atoms. The van der Waals surface area contributed by atoms with Gasteiger partial charge in [0.05, 0.1) is 40.5 Å². The van der Waals surface area contributed by atoms with Gasteiger partial charge in [-0.25, -0.2) is 13.4 Å². The third kappa shape index (κ3) is 4.88. The predicted molar refractivity (Wildman–Crippen MR) is 99.2 cm³/mol. The molecule has 2 aromatic rings. The molecule has 1 fully saturated rings. The number of nitrogens with one attached hydrogen (secondary N) is 1. The van der Waals surface area contributed by atoms with Crippen LogP contribution in [0.1, 0.15) is 12.0 Å². The van der Waals surface area contributed by atoms with E-state index in [1.54, 1.807) is 0 Å². The lowest BCUT2D eigenvalue weighted by atomic mass is 10.1. The zero-order chi connectivity index (χ0) is 20.5. The zero-order valence-corrected chi connectivity index (χ0v) is 16.4. The molecule has 1 aromatic heterocycles. The average molecular weight is 434 g/mol. The van der Waals surface area contributed by atoms with Crippen molar-refractivity contribution in [2.45, 2.75) is 23.7 Å². The molecule has 1 aliphatic heterocycles. The van der Waals surface area contributed by atoms with Crippen molar-refractivity contribution in [1.29, 1.82) is 0 Å². The third-order valence-electron chi connectivity index (χ3n) is 4.25. The molecule has 3 rings (SSSR count). The van der Waals surface area contributed by atoms with Crippen LogP contribution >= 0.6 is 11.8 Å². The van der Waals surface area contributed by atoms with Gasteiger partial charge in [-0.1, -0.05) is 11.8 Å². The molecular weight excluding hydrogens is 417 g/mol. The topological polar surface area (TPSA) is 85.4 Å². The fraction of sp³-hybridized carbons (Fsp3) is 0.412. The number of sulfone groups is 1. The second-order valence-electron chi connectivity index (χ2n) is 6.35. The molecule has 0 radical (unpaired) electrons. The maximum atomic E-state index is 13.4. The van der Waals surface area contributed by atoms with Crippen molar-refractivity contribution < 1.29 is 31.1 Å². The first-order valence-corrected chi connectivity index (χ1v) is 11.1. The van der Waals surface area contributed by atoms with Gasteiger partial charge in [0, 0.05) is 17.5 Å². The van der Waals surface area contributed by atoms with Crippen molar-refractivity contribution in [3.05, 3.63) is 29.8 Å². The summed E-state index contributed by atoms with van der Waals surface area (Å²) >= 11 is 0.857. The third-order valence-corrected chi connectivity index (χ3v) is 6.93. The summed E-state index contributed by atoms with van der Waals surface area (Å²) in [6.45, 7) is 0. The molecule has 11 heteroatoms. The standard InChI is InChI=1S/C17H17F3N2O4S2/c1-26-11-2-3-12-13(17(18,19)20)7-16(22-14(12)6-11)27-8-15(23)21-10-4-5-28(24,25)9-10/h2-3,6-7,10H,4-5,8-9H2,1H3,(H,21,23)/t10-/m1/s1. The van der Waals surface area contributed by atoms with E-state index in [2.05, 4.69) is 10.3 Å². The number of fused-ring (bicyclic) bond motifs is 1. The Hall–Kier alpha value is -2.01. The molecule has 1 amide bonds. The first-order valence-electron chi connectivity index (χ1n) is 8.26. The van der Waals surface area contributed by atoms with Crippen LogP contribution in [0.3, 0.4) is 0 Å². The van der Waals surface area contributed by atoms with E-state index in [9.17, 15) is 26.4 Å². The molecule has 0 saturated carbocycles. The smallest absolute Gasteiger partial charge is 0.417 e. The molecule has 1 aromatic carbocycles. The van der Waals surface area contributed by atoms with Crippen LogP contribution in [0, 0.1) is 0 Å². The molecule has 1 N–H and O–H groups in total. The minimum atomic E-state index is -4.58. The van der Waals surface area contributed by atoms with E-state index in [4.69, 9.17) is 4.74 Å². The number of hydrogen-bond donors (Lipinski definition) is 1. The van der Waals surface area contributed by atoms with Gasteiger partial charge in [0.2, 0.25) is 5.91 Å². The Balaban J connectivity index is 1.78. The van der Waals surface area contributed by atoms with E-state index >= 15 is 0 Å². The number of hydrogen-bond acceptors (Lipinski definition) is 6. The lowest BCUT2D eigenvalue weighted by molar-refractivity contribution is -0.136. The molecule has 0 aliphatic carbocycles. The molecular formula is C17H17F3N2O4S2. The summed E-state index contributed by atoms with van der Waals surface area (Å²) in [5.41, 5.74) is -0.732. The quantitative estimate of drug-likeness (QED) is 0.729. The molecule has 28 heavy (non-hydrogen) atoms. The molecule has 6 nitrogen and oxygen atoms in total. The Kier molecular flexibility index (Phi) is 5.76. The monoisotopic (exact) mass is 434 g/mol. The SMILES string of the molecule is COc1ccc2c(C(F)(F)F)cc(SCC(=O)N[C@@H]3CCS(=O)(=O)C3)nc2c1. The fourth-order valence-electron chi connectivity index (χ4n) is 2.94. The van der Waals surface area contributed by atoms with Gasteiger partial charge in [0.25, 0.3) is 0 Å². The van der Waals surface area contributed by atoms with Gasteiger partial charge < -0.3 is 10.1 Å². The van der Waals surface area contributed by atoms with Crippen LogP contribution in [0.25, 0.3) is 10.9 Å². The minimum absolute atomic E-state index is 0.0219. The number of methoxy groups -OCH3 is 1. The summed E-state index contributed by atoms with van der Waals surface area (Å²) in [7, 11) is -1.73. The van der Waals surface area contributed by atoms with Crippen LogP contribution in [0.4, 0.5) is 13.2 Å². The van der Waals surface area contributed by atoms with Gasteiger partial charge in [0.1, 0.15) is 5.75 Å². The van der Waals surface area contributed by atoms with E-state index < -0.39 is 33.5 Å². The number of aromatic nitrogens is 1. The van der Waals surface area contributed by atoms with Gasteiger partial charge >= 0.3 is 6.18 Å². The molecule has 0 spiro atoms. The van der Waals surface area contributed by atoms with Crippen molar-refractivity contribution in [2.75, 3.05) is 24.4 Å². The maximum absolute atomic E-state index is 13.4. The number of amides is 1. The number of benzene rings is 1. The van der Waals surface area contributed by atoms with Gasteiger partial charge in [-0.2, -0.15) is 13.2 Å². The molecule has 152 valence electrons. The zero-order valence-electron chi connectivity index (χ0n) is 14.7. The van der Waals surface area contributed by atoms with E-state index in [1.807, 2.05) is 0 Å². The second kappa shape index (κ2) is 7.78. The molecule has 1 saturated heterocycles. The fourth-order valence-corrected chi connectivity index (χ4v) is 5.34. The second-order valence-corrected chi connectivity index (χ2v) is 9.57. The van der Waals surface area contributed by atoms with Gasteiger partial charge in [-0.15, -0.1) is 0 Å². The largest absolute Gasteiger partial charge is 0.497 e. The number of pyridine rings is 1.